The standard InChI is InChI=1S/C10H12OS/c1-4-12-10-8(3)6-5-7(2)9(10)11/h4-6,11H,1H2,2-3H3. The first kappa shape index (κ1) is 9.20. The van der Waals surface area contributed by atoms with E-state index in [0.717, 1.165) is 16.0 Å². The number of benzene rings is 1. The van der Waals surface area contributed by atoms with Crippen LogP contribution >= 0.6 is 11.8 Å². The minimum atomic E-state index is 0.375. The molecule has 1 aromatic rings. The number of aryl methyl sites for hydroxylation is 2. The van der Waals surface area contributed by atoms with Crippen molar-refractivity contribution in [3.05, 3.63) is 35.2 Å². The van der Waals surface area contributed by atoms with Gasteiger partial charge < -0.3 is 5.11 Å². The maximum Gasteiger partial charge on any atom is 0.132 e. The molecule has 1 nitrogen and oxygen atoms in total. The number of phenolic OH excluding ortho intramolecular Hbond substituents is 1. The molecule has 1 rings (SSSR count). The highest BCUT2D eigenvalue weighted by Gasteiger charge is 2.05. The summed E-state index contributed by atoms with van der Waals surface area (Å²) in [6.07, 6.45) is 0. The molecular formula is C10H12OS. The Hall–Kier alpha value is -0.890. The van der Waals surface area contributed by atoms with E-state index in [2.05, 4.69) is 6.58 Å². The molecule has 0 amide bonds. The van der Waals surface area contributed by atoms with Crippen LogP contribution in [0.15, 0.2) is 29.0 Å². The van der Waals surface area contributed by atoms with E-state index in [4.69, 9.17) is 0 Å². The zero-order valence-electron chi connectivity index (χ0n) is 7.29. The maximum atomic E-state index is 9.64. The maximum absolute atomic E-state index is 9.64. The molecule has 0 radical (unpaired) electrons. The number of aromatic hydroxyl groups is 1. The van der Waals surface area contributed by atoms with Gasteiger partial charge in [0.05, 0.1) is 4.90 Å². The van der Waals surface area contributed by atoms with E-state index in [-0.39, 0.29) is 0 Å². The minimum Gasteiger partial charge on any atom is -0.506 e. The second-order valence-corrected chi connectivity index (χ2v) is 3.64. The Balaban J connectivity index is 3.22. The largest absolute Gasteiger partial charge is 0.506 e. The zero-order valence-corrected chi connectivity index (χ0v) is 8.11. The summed E-state index contributed by atoms with van der Waals surface area (Å²) in [4.78, 5) is 0.907. The molecule has 0 fully saturated rings. The molecule has 0 aliphatic heterocycles. The minimum absolute atomic E-state index is 0.375. The summed E-state index contributed by atoms with van der Waals surface area (Å²) < 4.78 is 0. The summed E-state index contributed by atoms with van der Waals surface area (Å²) in [5, 5.41) is 11.4. The highest BCUT2D eigenvalue weighted by Crippen LogP contribution is 2.34. The van der Waals surface area contributed by atoms with Crippen molar-refractivity contribution in [1.82, 2.24) is 0 Å². The van der Waals surface area contributed by atoms with Crippen LogP contribution in [0.4, 0.5) is 0 Å². The van der Waals surface area contributed by atoms with Gasteiger partial charge in [-0.15, -0.1) is 0 Å². The van der Waals surface area contributed by atoms with Crippen LogP contribution in [-0.2, 0) is 0 Å². The molecule has 0 spiro atoms. The lowest BCUT2D eigenvalue weighted by Gasteiger charge is -2.07. The third-order valence-electron chi connectivity index (χ3n) is 1.73. The molecule has 1 N–H and O–H groups in total. The van der Waals surface area contributed by atoms with Gasteiger partial charge in [-0.05, 0) is 30.4 Å². The fraction of sp³-hybridized carbons (Fsp3) is 0.200. The molecule has 2 heteroatoms. The lowest BCUT2D eigenvalue weighted by Crippen LogP contribution is -1.82. The summed E-state index contributed by atoms with van der Waals surface area (Å²) in [5.41, 5.74) is 1.99. The van der Waals surface area contributed by atoms with Crippen LogP contribution < -0.4 is 0 Å². The summed E-state index contributed by atoms with van der Waals surface area (Å²) >= 11 is 1.46. The van der Waals surface area contributed by atoms with Gasteiger partial charge in [0.2, 0.25) is 0 Å². The zero-order chi connectivity index (χ0) is 9.14. The number of phenols is 1. The fourth-order valence-electron chi connectivity index (χ4n) is 1.00. The van der Waals surface area contributed by atoms with E-state index < -0.39 is 0 Å². The fourth-order valence-corrected chi connectivity index (χ4v) is 1.70. The summed E-state index contributed by atoms with van der Waals surface area (Å²) in [6, 6.07) is 3.92. The molecule has 64 valence electrons. The first-order valence-corrected chi connectivity index (χ1v) is 4.61. The van der Waals surface area contributed by atoms with Crippen LogP contribution in [0.5, 0.6) is 5.75 Å². The number of rotatable bonds is 2. The molecule has 0 aliphatic carbocycles. The van der Waals surface area contributed by atoms with E-state index in [1.54, 1.807) is 5.41 Å². The third kappa shape index (κ3) is 1.64. The van der Waals surface area contributed by atoms with Gasteiger partial charge >= 0.3 is 0 Å². The first-order chi connectivity index (χ1) is 5.66. The molecule has 0 aromatic heterocycles. The van der Waals surface area contributed by atoms with Gasteiger partial charge in [0, 0.05) is 0 Å². The average Bonchev–Trinajstić information content (AvgIpc) is 2.06. The van der Waals surface area contributed by atoms with Crippen molar-refractivity contribution >= 4 is 11.8 Å². The van der Waals surface area contributed by atoms with Crippen molar-refractivity contribution in [2.24, 2.45) is 0 Å². The Kier molecular flexibility index (Phi) is 2.82. The van der Waals surface area contributed by atoms with E-state index >= 15 is 0 Å². The van der Waals surface area contributed by atoms with Crippen LogP contribution in [0.3, 0.4) is 0 Å². The predicted molar refractivity (Wildman–Crippen MR) is 53.6 cm³/mol. The molecule has 0 saturated heterocycles. The van der Waals surface area contributed by atoms with E-state index in [1.165, 1.54) is 11.8 Å². The average molecular weight is 180 g/mol. The predicted octanol–water partition coefficient (Wildman–Crippen LogP) is 3.24. The molecule has 1 aromatic carbocycles. The molecule has 0 atom stereocenters. The molecule has 0 heterocycles. The van der Waals surface area contributed by atoms with Gasteiger partial charge in [-0.25, -0.2) is 0 Å². The van der Waals surface area contributed by atoms with Gasteiger partial charge in [0.25, 0.3) is 0 Å². The Morgan fingerprint density at radius 1 is 1.33 bits per heavy atom. The number of thioether (sulfide) groups is 1. The third-order valence-corrected chi connectivity index (χ3v) is 2.65. The van der Waals surface area contributed by atoms with Crippen LogP contribution in [0, 0.1) is 13.8 Å². The molecule has 0 aliphatic rings. The van der Waals surface area contributed by atoms with Crippen molar-refractivity contribution in [2.75, 3.05) is 0 Å². The Labute approximate surface area is 77.1 Å². The molecular weight excluding hydrogens is 168 g/mol. The van der Waals surface area contributed by atoms with Crippen molar-refractivity contribution in [2.45, 2.75) is 18.7 Å². The van der Waals surface area contributed by atoms with E-state index in [1.807, 2.05) is 26.0 Å². The van der Waals surface area contributed by atoms with Crippen LogP contribution in [-0.4, -0.2) is 5.11 Å². The topological polar surface area (TPSA) is 20.2 Å². The normalized spacial score (nSPS) is 9.83. The van der Waals surface area contributed by atoms with Gasteiger partial charge in [0.15, 0.2) is 0 Å². The second-order valence-electron chi connectivity index (χ2n) is 2.66. The van der Waals surface area contributed by atoms with Crippen LogP contribution in [0.1, 0.15) is 11.1 Å². The SMILES string of the molecule is C=CSc1c(C)ccc(C)c1O. The van der Waals surface area contributed by atoms with Crippen molar-refractivity contribution in [3.63, 3.8) is 0 Å². The Morgan fingerprint density at radius 3 is 2.50 bits per heavy atom. The highest BCUT2D eigenvalue weighted by molar-refractivity contribution is 8.02. The summed E-state index contributed by atoms with van der Waals surface area (Å²) in [6.45, 7) is 7.49. The van der Waals surface area contributed by atoms with Crippen LogP contribution in [0.25, 0.3) is 0 Å². The van der Waals surface area contributed by atoms with Gasteiger partial charge in [-0.1, -0.05) is 30.5 Å². The Bertz CT molecular complexity index is 305. The lowest BCUT2D eigenvalue weighted by molar-refractivity contribution is 0.457. The first-order valence-electron chi connectivity index (χ1n) is 3.73. The van der Waals surface area contributed by atoms with Gasteiger partial charge in [-0.3, -0.25) is 0 Å². The quantitative estimate of drug-likeness (QED) is 0.705. The molecule has 12 heavy (non-hydrogen) atoms. The van der Waals surface area contributed by atoms with E-state index in [0.29, 0.717) is 5.75 Å². The molecule has 0 saturated carbocycles. The Morgan fingerprint density at radius 2 is 1.92 bits per heavy atom. The molecule has 0 bridgehead atoms. The van der Waals surface area contributed by atoms with Crippen LogP contribution in [0.2, 0.25) is 0 Å². The van der Waals surface area contributed by atoms with Crippen molar-refractivity contribution in [3.8, 4) is 5.75 Å². The van der Waals surface area contributed by atoms with Crippen molar-refractivity contribution in [1.29, 1.82) is 0 Å². The number of hydrogen-bond acceptors (Lipinski definition) is 2. The van der Waals surface area contributed by atoms with Crippen molar-refractivity contribution < 1.29 is 5.11 Å². The molecule has 0 unspecified atom stereocenters. The lowest BCUT2D eigenvalue weighted by atomic mass is 10.1. The van der Waals surface area contributed by atoms with Gasteiger partial charge in [0.1, 0.15) is 5.75 Å². The second kappa shape index (κ2) is 3.68. The monoisotopic (exact) mass is 180 g/mol. The van der Waals surface area contributed by atoms with E-state index in [9.17, 15) is 5.11 Å². The highest BCUT2D eigenvalue weighted by atomic mass is 32.2. The summed E-state index contributed by atoms with van der Waals surface area (Å²) in [5.74, 6) is 0.375. The number of hydrogen-bond donors (Lipinski definition) is 1. The smallest absolute Gasteiger partial charge is 0.132 e. The van der Waals surface area contributed by atoms with Gasteiger partial charge in [-0.2, -0.15) is 0 Å². The summed E-state index contributed by atoms with van der Waals surface area (Å²) in [7, 11) is 0.